The third kappa shape index (κ3) is 2.25. The Hall–Kier alpha value is -2.36. The number of nitrogens with zero attached hydrogens (tertiary/aromatic N) is 4. The third-order valence-corrected chi connectivity index (χ3v) is 3.92. The summed E-state index contributed by atoms with van der Waals surface area (Å²) < 4.78 is 1.89. The summed E-state index contributed by atoms with van der Waals surface area (Å²) in [5, 5.41) is 18.2. The summed E-state index contributed by atoms with van der Waals surface area (Å²) >= 11 is 1.42. The van der Waals surface area contributed by atoms with Gasteiger partial charge in [0, 0.05) is 17.6 Å². The molecule has 2 aromatic heterocycles. The van der Waals surface area contributed by atoms with Crippen LogP contribution in [0.15, 0.2) is 52.6 Å². The maximum Gasteiger partial charge on any atom is 0.200 e. The van der Waals surface area contributed by atoms with Crippen molar-refractivity contribution in [3.63, 3.8) is 0 Å². The van der Waals surface area contributed by atoms with Crippen molar-refractivity contribution in [2.24, 2.45) is 5.73 Å². The van der Waals surface area contributed by atoms with Crippen LogP contribution in [0, 0.1) is 11.3 Å². The quantitative estimate of drug-likeness (QED) is 0.796. The maximum atomic E-state index is 9.23. The number of fused-ring (bicyclic) bond motifs is 1. The smallest absolute Gasteiger partial charge is 0.200 e. The summed E-state index contributed by atoms with van der Waals surface area (Å²) in [6, 6.07) is 13.5. The first-order valence-corrected chi connectivity index (χ1v) is 6.84. The van der Waals surface area contributed by atoms with Gasteiger partial charge in [0.1, 0.15) is 6.07 Å². The topological polar surface area (TPSA) is 80.0 Å². The zero-order chi connectivity index (χ0) is 13.9. The Kier molecular flexibility index (Phi) is 3.37. The van der Waals surface area contributed by atoms with E-state index in [-0.39, 0.29) is 0 Å². The molecule has 0 unspecified atom stereocenters. The van der Waals surface area contributed by atoms with Gasteiger partial charge in [0.05, 0.1) is 5.56 Å². The van der Waals surface area contributed by atoms with Gasteiger partial charge in [-0.3, -0.25) is 4.40 Å². The van der Waals surface area contributed by atoms with Gasteiger partial charge in [-0.15, -0.1) is 10.2 Å². The number of nitriles is 1. The number of hydrogen-bond acceptors (Lipinski definition) is 5. The predicted molar refractivity (Wildman–Crippen MR) is 76.2 cm³/mol. The first kappa shape index (κ1) is 12.7. The van der Waals surface area contributed by atoms with Gasteiger partial charge in [0.25, 0.3) is 0 Å². The molecule has 0 aliphatic heterocycles. The second-order valence-corrected chi connectivity index (χ2v) is 5.17. The van der Waals surface area contributed by atoms with Gasteiger partial charge in [-0.1, -0.05) is 12.1 Å². The Bertz CT molecular complexity index is 803. The van der Waals surface area contributed by atoms with E-state index in [9.17, 15) is 5.26 Å². The first-order chi connectivity index (χ1) is 9.81. The molecule has 0 amide bonds. The highest BCUT2D eigenvalue weighted by Crippen LogP contribution is 2.29. The van der Waals surface area contributed by atoms with Crippen LogP contribution in [0.3, 0.4) is 0 Å². The Balaban J connectivity index is 2.01. The molecular weight excluding hydrogens is 270 g/mol. The van der Waals surface area contributed by atoms with E-state index in [0.29, 0.717) is 12.1 Å². The Morgan fingerprint density at radius 3 is 2.95 bits per heavy atom. The minimum absolute atomic E-state index is 0.424. The van der Waals surface area contributed by atoms with Gasteiger partial charge in [-0.25, -0.2) is 0 Å². The van der Waals surface area contributed by atoms with E-state index in [1.165, 1.54) is 11.8 Å². The molecule has 2 heterocycles. The fourth-order valence-corrected chi connectivity index (χ4v) is 2.75. The summed E-state index contributed by atoms with van der Waals surface area (Å²) in [5.41, 5.74) is 7.92. The molecule has 0 atom stereocenters. The van der Waals surface area contributed by atoms with Gasteiger partial charge in [0.2, 0.25) is 0 Å². The fourth-order valence-electron chi connectivity index (χ4n) is 1.87. The van der Waals surface area contributed by atoms with E-state index in [1.807, 2.05) is 47.0 Å². The molecular formula is C14H11N5S. The molecule has 2 N–H and O–H groups in total. The van der Waals surface area contributed by atoms with Crippen molar-refractivity contribution in [3.8, 4) is 6.07 Å². The monoisotopic (exact) mass is 281 g/mol. The number of hydrogen-bond donors (Lipinski definition) is 1. The van der Waals surface area contributed by atoms with Crippen molar-refractivity contribution in [1.82, 2.24) is 14.6 Å². The zero-order valence-corrected chi connectivity index (χ0v) is 11.3. The molecule has 0 bridgehead atoms. The van der Waals surface area contributed by atoms with Gasteiger partial charge in [-0.2, -0.15) is 5.26 Å². The number of pyridine rings is 1. The molecule has 0 radical (unpaired) electrons. The van der Waals surface area contributed by atoms with Crippen LogP contribution in [0.2, 0.25) is 0 Å². The predicted octanol–water partition coefficient (Wildman–Crippen LogP) is 2.21. The number of aromatic nitrogens is 3. The normalized spacial score (nSPS) is 10.6. The van der Waals surface area contributed by atoms with E-state index in [1.54, 1.807) is 0 Å². The Morgan fingerprint density at radius 1 is 1.25 bits per heavy atom. The van der Waals surface area contributed by atoms with Crippen LogP contribution in [0.5, 0.6) is 0 Å². The van der Waals surface area contributed by atoms with E-state index < -0.39 is 0 Å². The zero-order valence-electron chi connectivity index (χ0n) is 10.5. The molecule has 98 valence electrons. The van der Waals surface area contributed by atoms with Crippen LogP contribution < -0.4 is 5.73 Å². The van der Waals surface area contributed by atoms with Crippen molar-refractivity contribution in [2.75, 3.05) is 0 Å². The summed E-state index contributed by atoms with van der Waals surface area (Å²) in [4.78, 5) is 0.850. The van der Waals surface area contributed by atoms with E-state index in [0.717, 1.165) is 21.3 Å². The first-order valence-electron chi connectivity index (χ1n) is 6.02. The number of rotatable bonds is 3. The minimum atomic E-state index is 0.424. The van der Waals surface area contributed by atoms with Crippen molar-refractivity contribution in [2.45, 2.75) is 16.6 Å². The Labute approximate surface area is 120 Å². The lowest BCUT2D eigenvalue weighted by Gasteiger charge is -2.04. The van der Waals surface area contributed by atoms with Gasteiger partial charge in [0.15, 0.2) is 10.8 Å². The van der Waals surface area contributed by atoms with E-state index in [4.69, 9.17) is 5.73 Å². The molecule has 3 rings (SSSR count). The average molecular weight is 281 g/mol. The molecule has 0 aliphatic carbocycles. The van der Waals surface area contributed by atoms with E-state index >= 15 is 0 Å². The SMILES string of the molecule is N#Cc1cc(CN)ccc1Sc1nnc2ccccn12. The molecule has 6 heteroatoms. The highest BCUT2D eigenvalue weighted by atomic mass is 32.2. The Morgan fingerprint density at radius 2 is 2.15 bits per heavy atom. The lowest BCUT2D eigenvalue weighted by molar-refractivity contribution is 0.921. The minimum Gasteiger partial charge on any atom is -0.326 e. The second-order valence-electron chi connectivity index (χ2n) is 4.16. The van der Waals surface area contributed by atoms with E-state index in [2.05, 4.69) is 16.3 Å². The summed E-state index contributed by atoms with van der Waals surface area (Å²) in [6.07, 6.45) is 1.90. The molecule has 0 saturated heterocycles. The maximum absolute atomic E-state index is 9.23. The summed E-state index contributed by atoms with van der Waals surface area (Å²) in [5.74, 6) is 0. The molecule has 3 aromatic rings. The standard InChI is InChI=1S/C14H11N5S/c15-8-10-4-5-12(11(7-10)9-16)20-14-18-17-13-3-1-2-6-19(13)14/h1-7H,8,15H2. The fraction of sp³-hybridized carbons (Fsp3) is 0.0714. The summed E-state index contributed by atoms with van der Waals surface area (Å²) in [7, 11) is 0. The molecule has 20 heavy (non-hydrogen) atoms. The second kappa shape index (κ2) is 5.33. The van der Waals surface area contributed by atoms with Crippen LogP contribution in [0.1, 0.15) is 11.1 Å². The van der Waals surface area contributed by atoms with Crippen molar-refractivity contribution >= 4 is 17.4 Å². The highest BCUT2D eigenvalue weighted by Gasteiger charge is 2.10. The van der Waals surface area contributed by atoms with Gasteiger partial charge >= 0.3 is 0 Å². The molecule has 0 saturated carbocycles. The van der Waals surface area contributed by atoms with Crippen LogP contribution >= 0.6 is 11.8 Å². The lowest BCUT2D eigenvalue weighted by Crippen LogP contribution is -1.97. The molecule has 5 nitrogen and oxygen atoms in total. The molecule has 0 fully saturated rings. The average Bonchev–Trinajstić information content (AvgIpc) is 2.91. The third-order valence-electron chi connectivity index (χ3n) is 2.88. The molecule has 0 aliphatic rings. The molecule has 0 spiro atoms. The number of benzene rings is 1. The molecule has 1 aromatic carbocycles. The van der Waals surface area contributed by atoms with Crippen LogP contribution in [-0.4, -0.2) is 14.6 Å². The van der Waals surface area contributed by atoms with Crippen LogP contribution in [0.25, 0.3) is 5.65 Å². The highest BCUT2D eigenvalue weighted by molar-refractivity contribution is 7.99. The van der Waals surface area contributed by atoms with Crippen molar-refractivity contribution in [1.29, 1.82) is 5.26 Å². The van der Waals surface area contributed by atoms with Crippen molar-refractivity contribution in [3.05, 3.63) is 53.7 Å². The van der Waals surface area contributed by atoms with Crippen molar-refractivity contribution < 1.29 is 0 Å². The van der Waals surface area contributed by atoms with Crippen LogP contribution in [-0.2, 0) is 6.54 Å². The lowest BCUT2D eigenvalue weighted by atomic mass is 10.1. The number of nitrogens with two attached hydrogens (primary N) is 1. The van der Waals surface area contributed by atoms with Crippen LogP contribution in [0.4, 0.5) is 0 Å². The van der Waals surface area contributed by atoms with Gasteiger partial charge in [-0.05, 0) is 41.6 Å². The largest absolute Gasteiger partial charge is 0.326 e. The van der Waals surface area contributed by atoms with Gasteiger partial charge < -0.3 is 5.73 Å². The summed E-state index contributed by atoms with van der Waals surface area (Å²) in [6.45, 7) is 0.424.